The van der Waals surface area contributed by atoms with Crippen molar-refractivity contribution in [2.24, 2.45) is 0 Å². The molecule has 67 heavy (non-hydrogen) atoms. The molecular weight excluding hydrogens is 864 g/mol. The molecule has 0 spiro atoms. The summed E-state index contributed by atoms with van der Waals surface area (Å²) in [5.41, 5.74) is 15.1. The number of rotatable bonds is 4. The minimum Gasteiger partial charge on any atom is -0.486 e. The Morgan fingerprint density at radius 2 is 0.836 bits per heavy atom. The van der Waals surface area contributed by atoms with E-state index in [-0.39, 0.29) is 17.5 Å². The molecule has 0 saturated carbocycles. The van der Waals surface area contributed by atoms with Gasteiger partial charge >= 0.3 is 0 Å². The van der Waals surface area contributed by atoms with Crippen molar-refractivity contribution in [1.82, 2.24) is 0 Å². The second kappa shape index (κ2) is 14.9. The number of anilines is 6. The SMILES string of the molecule is CC(C)(C)c1ccc2sc3c(c2c1)N(c1cc2c(cc1-c1ccccc1)OCCO2)c1cccc2c1B3c1sc3ccc(C(C)(C)C)cc3c1N2c1cc2c(cc1-c1ccccc1)OCCO2. The summed E-state index contributed by atoms with van der Waals surface area (Å²) in [4.78, 5) is 5.12. The van der Waals surface area contributed by atoms with Crippen molar-refractivity contribution < 1.29 is 18.9 Å². The Hall–Kier alpha value is -6.68. The lowest BCUT2D eigenvalue weighted by atomic mass is 9.39. The van der Waals surface area contributed by atoms with Crippen LogP contribution in [0.1, 0.15) is 52.7 Å². The molecule has 9 heteroatoms. The van der Waals surface area contributed by atoms with Crippen LogP contribution in [0.3, 0.4) is 0 Å². The van der Waals surface area contributed by atoms with E-state index < -0.39 is 0 Å². The minimum atomic E-state index is -0.0470. The molecule has 0 saturated heterocycles. The summed E-state index contributed by atoms with van der Waals surface area (Å²) in [7, 11) is 0. The van der Waals surface area contributed by atoms with Crippen LogP contribution in [-0.2, 0) is 10.8 Å². The van der Waals surface area contributed by atoms with Crippen LogP contribution in [0.5, 0.6) is 23.0 Å². The highest BCUT2D eigenvalue weighted by Crippen LogP contribution is 2.55. The average molecular weight is 913 g/mol. The Morgan fingerprint density at radius 1 is 0.433 bits per heavy atom. The normalized spacial score (nSPS) is 14.9. The van der Waals surface area contributed by atoms with Crippen LogP contribution in [0.15, 0.2) is 140 Å². The predicted molar refractivity (Wildman–Crippen MR) is 281 cm³/mol. The van der Waals surface area contributed by atoms with Gasteiger partial charge in [-0.25, -0.2) is 0 Å². The van der Waals surface area contributed by atoms with Crippen molar-refractivity contribution in [3.8, 4) is 45.3 Å². The first-order chi connectivity index (χ1) is 32.5. The van der Waals surface area contributed by atoms with Crippen molar-refractivity contribution in [1.29, 1.82) is 0 Å². The molecule has 0 unspecified atom stereocenters. The Bertz CT molecular complexity index is 3250. The van der Waals surface area contributed by atoms with Gasteiger partial charge in [-0.1, -0.05) is 120 Å². The molecule has 330 valence electrons. The number of hydrogen-bond acceptors (Lipinski definition) is 8. The lowest BCUT2D eigenvalue weighted by Gasteiger charge is -2.43. The fraction of sp³-hybridized carbons (Fsp3) is 0.207. The summed E-state index contributed by atoms with van der Waals surface area (Å²) < 4.78 is 30.7. The maximum Gasteiger partial charge on any atom is 0.277 e. The number of ether oxygens (including phenoxy) is 4. The molecule has 13 rings (SSSR count). The van der Waals surface area contributed by atoms with Gasteiger partial charge < -0.3 is 28.7 Å². The van der Waals surface area contributed by atoms with E-state index in [0.29, 0.717) is 26.4 Å². The molecule has 0 atom stereocenters. The van der Waals surface area contributed by atoms with Crippen LogP contribution >= 0.6 is 22.7 Å². The Balaban J connectivity index is 1.17. The van der Waals surface area contributed by atoms with Gasteiger partial charge in [0.05, 0.1) is 22.7 Å². The molecule has 7 aromatic carbocycles. The molecule has 0 radical (unpaired) electrons. The first kappa shape index (κ1) is 40.6. The molecule has 6 nitrogen and oxygen atoms in total. The third-order valence-corrected chi connectivity index (χ3v) is 16.3. The minimum absolute atomic E-state index is 0.0376. The third-order valence-electron chi connectivity index (χ3n) is 13.9. The number of fused-ring (bicyclic) bond motifs is 10. The smallest absolute Gasteiger partial charge is 0.277 e. The van der Waals surface area contributed by atoms with Crippen LogP contribution in [0.2, 0.25) is 0 Å². The summed E-state index contributed by atoms with van der Waals surface area (Å²) in [6.07, 6.45) is 0. The molecule has 9 aromatic rings. The van der Waals surface area contributed by atoms with Gasteiger partial charge in [-0.3, -0.25) is 0 Å². The maximum atomic E-state index is 6.44. The standard InChI is InChI=1S/C58H49BN2O4S2/c1-57(2,3)36-20-22-50-40(28-36)53-55(66-50)59-52-42(60(53)44-32-48-46(62-24-26-64-48)30-38(44)34-14-9-7-10-15-34)18-13-19-43(52)61(54-41-29-37(58(4,5)6)21-23-51(41)67-56(54)59)45-33-49-47(63-25-27-65-49)31-39(45)35-16-11-8-12-17-35/h7-23,28-33H,24-27H2,1-6H3. The maximum absolute atomic E-state index is 6.44. The van der Waals surface area contributed by atoms with Crippen molar-refractivity contribution in [2.75, 3.05) is 36.2 Å². The monoisotopic (exact) mass is 912 g/mol. The number of hydrogen-bond donors (Lipinski definition) is 0. The second-order valence-corrected chi connectivity index (χ2v) is 22.3. The molecule has 4 aliphatic rings. The molecule has 0 amide bonds. The van der Waals surface area contributed by atoms with Crippen molar-refractivity contribution in [3.05, 3.63) is 151 Å². The molecule has 6 heterocycles. The van der Waals surface area contributed by atoms with Crippen LogP contribution in [0.25, 0.3) is 42.4 Å². The van der Waals surface area contributed by atoms with E-state index in [0.717, 1.165) is 68.0 Å². The Morgan fingerprint density at radius 3 is 1.24 bits per heavy atom. The molecule has 0 bridgehead atoms. The molecule has 2 aromatic heterocycles. The summed E-state index contributed by atoms with van der Waals surface area (Å²) in [5, 5.41) is 2.52. The van der Waals surface area contributed by atoms with Gasteiger partial charge in [0.15, 0.2) is 23.0 Å². The van der Waals surface area contributed by atoms with Gasteiger partial charge in [0.25, 0.3) is 6.71 Å². The summed E-state index contributed by atoms with van der Waals surface area (Å²) in [6.45, 7) is 15.9. The van der Waals surface area contributed by atoms with Gasteiger partial charge in [-0.2, -0.15) is 0 Å². The molecule has 0 fully saturated rings. The van der Waals surface area contributed by atoms with Gasteiger partial charge in [-0.05, 0) is 87.1 Å². The quantitative estimate of drug-likeness (QED) is 0.164. The number of nitrogens with zero attached hydrogens (tertiary/aromatic N) is 2. The molecular formula is C58H49BN2O4S2. The first-order valence-corrected chi connectivity index (χ1v) is 25.0. The molecule has 0 aliphatic carbocycles. The van der Waals surface area contributed by atoms with Crippen LogP contribution < -0.4 is 43.8 Å². The highest BCUT2D eigenvalue weighted by atomic mass is 32.1. The Labute approximate surface area is 400 Å². The molecule has 0 N–H and O–H groups in total. The highest BCUT2D eigenvalue weighted by Gasteiger charge is 2.48. The second-order valence-electron chi connectivity index (χ2n) is 20.1. The zero-order valence-corrected chi connectivity index (χ0v) is 40.2. The van der Waals surface area contributed by atoms with E-state index in [9.17, 15) is 0 Å². The largest absolute Gasteiger partial charge is 0.486 e. The van der Waals surface area contributed by atoms with E-state index in [2.05, 4.69) is 191 Å². The fourth-order valence-corrected chi connectivity index (χ4v) is 13.2. The summed E-state index contributed by atoms with van der Waals surface area (Å²) >= 11 is 3.87. The zero-order valence-electron chi connectivity index (χ0n) is 38.5. The van der Waals surface area contributed by atoms with E-state index in [1.54, 1.807) is 0 Å². The Kier molecular flexibility index (Phi) is 9.03. The summed E-state index contributed by atoms with van der Waals surface area (Å²) in [5.74, 6) is 3.06. The third kappa shape index (κ3) is 6.34. The van der Waals surface area contributed by atoms with Gasteiger partial charge in [-0.15, -0.1) is 22.7 Å². The van der Waals surface area contributed by atoms with E-state index in [1.165, 1.54) is 57.7 Å². The van der Waals surface area contributed by atoms with E-state index in [1.807, 2.05) is 22.7 Å². The topological polar surface area (TPSA) is 43.4 Å². The van der Waals surface area contributed by atoms with Gasteiger partial charge in [0.2, 0.25) is 0 Å². The van der Waals surface area contributed by atoms with Crippen molar-refractivity contribution in [2.45, 2.75) is 52.4 Å². The summed E-state index contributed by atoms with van der Waals surface area (Å²) in [6, 6.07) is 51.6. The van der Waals surface area contributed by atoms with Gasteiger partial charge in [0, 0.05) is 64.4 Å². The highest BCUT2D eigenvalue weighted by molar-refractivity contribution is 7.40. The van der Waals surface area contributed by atoms with Crippen molar-refractivity contribution >= 4 is 98.7 Å². The number of benzene rings is 7. The average Bonchev–Trinajstić information content (AvgIpc) is 3.92. The zero-order chi connectivity index (χ0) is 45.3. The predicted octanol–water partition coefficient (Wildman–Crippen LogP) is 13.7. The van der Waals surface area contributed by atoms with E-state index in [4.69, 9.17) is 18.9 Å². The first-order valence-electron chi connectivity index (χ1n) is 23.3. The lowest BCUT2D eigenvalue weighted by molar-refractivity contribution is 0.172. The van der Waals surface area contributed by atoms with Crippen LogP contribution in [0, 0.1) is 0 Å². The lowest BCUT2D eigenvalue weighted by Crippen LogP contribution is -2.59. The number of thiophene rings is 2. The van der Waals surface area contributed by atoms with Crippen LogP contribution in [0.4, 0.5) is 34.1 Å². The van der Waals surface area contributed by atoms with Crippen molar-refractivity contribution in [3.63, 3.8) is 0 Å². The van der Waals surface area contributed by atoms with Crippen LogP contribution in [-0.4, -0.2) is 33.1 Å². The van der Waals surface area contributed by atoms with E-state index >= 15 is 0 Å². The van der Waals surface area contributed by atoms with Gasteiger partial charge in [0.1, 0.15) is 26.4 Å². The molecule has 4 aliphatic heterocycles. The fourth-order valence-electron chi connectivity index (χ4n) is 10.6.